The van der Waals surface area contributed by atoms with Crippen LogP contribution in [0.2, 0.25) is 5.02 Å². The van der Waals surface area contributed by atoms with Gasteiger partial charge in [0.15, 0.2) is 0 Å². The van der Waals surface area contributed by atoms with Crippen molar-refractivity contribution >= 4 is 17.4 Å². The minimum Gasteiger partial charge on any atom is -0.373 e. The van der Waals surface area contributed by atoms with E-state index in [1.807, 2.05) is 19.2 Å². The molecule has 100 valence electrons. The minimum absolute atomic E-state index is 0.529. The van der Waals surface area contributed by atoms with Crippen LogP contribution in [0.3, 0.4) is 0 Å². The Kier molecular flexibility index (Phi) is 4.46. The topological polar surface area (TPSA) is 28.2 Å². The lowest BCUT2D eigenvalue weighted by Crippen LogP contribution is -2.32. The molecule has 1 aliphatic carbocycles. The fourth-order valence-electron chi connectivity index (χ4n) is 2.02. The van der Waals surface area contributed by atoms with Crippen LogP contribution in [0.1, 0.15) is 32.4 Å². The molecule has 4 heteroatoms. The quantitative estimate of drug-likeness (QED) is 0.856. The van der Waals surface area contributed by atoms with Crippen LogP contribution in [-0.4, -0.2) is 29.5 Å². The van der Waals surface area contributed by atoms with Crippen LogP contribution in [0, 0.1) is 5.92 Å². The highest BCUT2D eigenvalue weighted by Crippen LogP contribution is 2.31. The van der Waals surface area contributed by atoms with Crippen LogP contribution >= 0.6 is 11.6 Å². The van der Waals surface area contributed by atoms with E-state index in [-0.39, 0.29) is 0 Å². The zero-order valence-electron chi connectivity index (χ0n) is 11.4. The fraction of sp³-hybridized carbons (Fsp3) is 0.643. The lowest BCUT2D eigenvalue weighted by Gasteiger charge is -2.26. The Morgan fingerprint density at radius 1 is 1.44 bits per heavy atom. The number of pyridine rings is 1. The van der Waals surface area contributed by atoms with Gasteiger partial charge in [-0.05, 0) is 44.7 Å². The second-order valence-electron chi connectivity index (χ2n) is 5.34. The summed E-state index contributed by atoms with van der Waals surface area (Å²) in [6.07, 6.45) is 2.75. The molecule has 0 saturated heterocycles. The molecule has 0 unspecified atom stereocenters. The van der Waals surface area contributed by atoms with Gasteiger partial charge in [-0.3, -0.25) is 4.90 Å². The molecule has 0 radical (unpaired) electrons. The molecule has 0 aliphatic heterocycles. The van der Waals surface area contributed by atoms with Gasteiger partial charge in [0.05, 0.1) is 10.7 Å². The summed E-state index contributed by atoms with van der Waals surface area (Å²) < 4.78 is 0. The van der Waals surface area contributed by atoms with Gasteiger partial charge in [0.1, 0.15) is 5.82 Å². The van der Waals surface area contributed by atoms with Gasteiger partial charge in [-0.15, -0.1) is 0 Å². The summed E-state index contributed by atoms with van der Waals surface area (Å²) in [7, 11) is 1.88. The average Bonchev–Trinajstić information content (AvgIpc) is 3.14. The van der Waals surface area contributed by atoms with Crippen molar-refractivity contribution in [3.05, 3.63) is 22.8 Å². The number of rotatable bonds is 6. The monoisotopic (exact) mass is 267 g/mol. The van der Waals surface area contributed by atoms with Gasteiger partial charge in [0.25, 0.3) is 0 Å². The van der Waals surface area contributed by atoms with Crippen molar-refractivity contribution < 1.29 is 0 Å². The van der Waals surface area contributed by atoms with E-state index in [9.17, 15) is 0 Å². The highest BCUT2D eigenvalue weighted by Gasteiger charge is 2.26. The first-order valence-electron chi connectivity index (χ1n) is 6.67. The zero-order valence-corrected chi connectivity index (χ0v) is 12.2. The van der Waals surface area contributed by atoms with Gasteiger partial charge in [0, 0.05) is 26.2 Å². The van der Waals surface area contributed by atoms with Crippen LogP contribution in [-0.2, 0) is 6.54 Å². The van der Waals surface area contributed by atoms with Gasteiger partial charge < -0.3 is 5.32 Å². The Hall–Kier alpha value is -0.800. The number of halogens is 1. The molecule has 0 aromatic carbocycles. The maximum absolute atomic E-state index is 6.24. The van der Waals surface area contributed by atoms with Gasteiger partial charge in [-0.2, -0.15) is 0 Å². The van der Waals surface area contributed by atoms with E-state index in [4.69, 9.17) is 11.6 Å². The van der Waals surface area contributed by atoms with Crippen LogP contribution in [0.15, 0.2) is 12.1 Å². The van der Waals surface area contributed by atoms with Gasteiger partial charge in [-0.1, -0.05) is 11.6 Å². The highest BCUT2D eigenvalue weighted by molar-refractivity contribution is 6.31. The smallest absolute Gasteiger partial charge is 0.126 e. The van der Waals surface area contributed by atoms with Crippen LogP contribution in [0.25, 0.3) is 0 Å². The lowest BCUT2D eigenvalue weighted by molar-refractivity contribution is 0.201. The lowest BCUT2D eigenvalue weighted by atomic mass is 10.2. The third kappa shape index (κ3) is 3.59. The maximum Gasteiger partial charge on any atom is 0.126 e. The predicted octanol–water partition coefficient (Wildman–Crippen LogP) is 3.40. The van der Waals surface area contributed by atoms with Crippen LogP contribution in [0.5, 0.6) is 0 Å². The van der Waals surface area contributed by atoms with Gasteiger partial charge in [-0.25, -0.2) is 4.98 Å². The molecule has 3 nitrogen and oxygen atoms in total. The Morgan fingerprint density at radius 3 is 2.72 bits per heavy atom. The Balaban J connectivity index is 2.08. The van der Waals surface area contributed by atoms with Crippen molar-refractivity contribution in [1.29, 1.82) is 0 Å². The molecule has 0 atom stereocenters. The van der Waals surface area contributed by atoms with Crippen LogP contribution in [0.4, 0.5) is 5.82 Å². The molecule has 1 heterocycles. The third-order valence-corrected chi connectivity index (χ3v) is 3.79. The first-order chi connectivity index (χ1) is 8.60. The highest BCUT2D eigenvalue weighted by atomic mass is 35.5. The first kappa shape index (κ1) is 13.6. The summed E-state index contributed by atoms with van der Waals surface area (Å²) in [6, 6.07) is 4.36. The second kappa shape index (κ2) is 5.89. The Morgan fingerprint density at radius 2 is 2.17 bits per heavy atom. The maximum atomic E-state index is 6.24. The summed E-state index contributed by atoms with van der Waals surface area (Å²) in [5.74, 6) is 1.77. The standard InChI is InChI=1S/C14H22ClN3/c1-10(2)18(8-11-4-5-11)9-13-12(15)6-7-14(16-3)17-13/h6-7,10-11H,4-5,8-9H2,1-3H3,(H,16,17). The normalized spacial score (nSPS) is 15.4. The molecule has 18 heavy (non-hydrogen) atoms. The molecule has 2 rings (SSSR count). The van der Waals surface area contributed by atoms with Crippen molar-refractivity contribution in [2.45, 2.75) is 39.3 Å². The van der Waals surface area contributed by atoms with Crippen LogP contribution < -0.4 is 5.32 Å². The molecule has 1 aliphatic rings. The van der Waals surface area contributed by atoms with E-state index in [1.54, 1.807) is 0 Å². The van der Waals surface area contributed by atoms with Crippen molar-refractivity contribution in [3.8, 4) is 0 Å². The fourth-order valence-corrected chi connectivity index (χ4v) is 2.18. The van der Waals surface area contributed by atoms with Crippen molar-refractivity contribution in [1.82, 2.24) is 9.88 Å². The molecule has 0 amide bonds. The zero-order chi connectivity index (χ0) is 13.1. The summed E-state index contributed by atoms with van der Waals surface area (Å²) in [6.45, 7) is 6.47. The molecule has 1 fully saturated rings. The second-order valence-corrected chi connectivity index (χ2v) is 5.75. The van der Waals surface area contributed by atoms with E-state index in [1.165, 1.54) is 19.4 Å². The summed E-state index contributed by atoms with van der Waals surface area (Å²) in [5, 5.41) is 3.82. The van der Waals surface area contributed by atoms with E-state index >= 15 is 0 Å². The molecule has 0 spiro atoms. The number of hydrogen-bond donors (Lipinski definition) is 1. The number of nitrogens with zero attached hydrogens (tertiary/aromatic N) is 2. The minimum atomic E-state index is 0.529. The molecule has 0 bridgehead atoms. The third-order valence-electron chi connectivity index (χ3n) is 3.45. The van der Waals surface area contributed by atoms with E-state index in [2.05, 4.69) is 29.0 Å². The van der Waals surface area contributed by atoms with Crippen molar-refractivity contribution in [2.75, 3.05) is 18.9 Å². The number of hydrogen-bond acceptors (Lipinski definition) is 3. The van der Waals surface area contributed by atoms with Gasteiger partial charge >= 0.3 is 0 Å². The summed E-state index contributed by atoms with van der Waals surface area (Å²) >= 11 is 6.24. The molecule has 1 aromatic heterocycles. The first-order valence-corrected chi connectivity index (χ1v) is 7.05. The number of aromatic nitrogens is 1. The predicted molar refractivity (Wildman–Crippen MR) is 77.1 cm³/mol. The molecule has 1 saturated carbocycles. The average molecular weight is 268 g/mol. The van der Waals surface area contributed by atoms with E-state index in [0.717, 1.165) is 29.0 Å². The SMILES string of the molecule is CNc1ccc(Cl)c(CN(CC2CC2)C(C)C)n1. The van der Waals surface area contributed by atoms with Crippen molar-refractivity contribution in [2.24, 2.45) is 5.92 Å². The van der Waals surface area contributed by atoms with Gasteiger partial charge in [0.2, 0.25) is 0 Å². The molecule has 1 aromatic rings. The Labute approximate surface area is 115 Å². The van der Waals surface area contributed by atoms with E-state index < -0.39 is 0 Å². The van der Waals surface area contributed by atoms with Crippen molar-refractivity contribution in [3.63, 3.8) is 0 Å². The molecular weight excluding hydrogens is 246 g/mol. The molecule has 1 N–H and O–H groups in total. The summed E-state index contributed by atoms with van der Waals surface area (Å²) in [5.41, 5.74) is 0.970. The molecular formula is C14H22ClN3. The number of nitrogens with one attached hydrogen (secondary N) is 1. The summed E-state index contributed by atoms with van der Waals surface area (Å²) in [4.78, 5) is 7.02. The number of anilines is 1. The van der Waals surface area contributed by atoms with E-state index in [0.29, 0.717) is 6.04 Å². The Bertz CT molecular complexity index is 402. The largest absolute Gasteiger partial charge is 0.373 e.